The monoisotopic (exact) mass is 443 g/mol. The standard InChI is InChI=1S/C25H24FN5.C2H6/c1-29-15-19(13-28-29)17-5-7-20(8-6-17)30-11-9-18(10-12-30)25-24-21(3-2-4-22(24)26)23-14-27-16-31(23)25;1-2/h2-8,13-16,18,25H,9-12H2,1H3;1-2H3. The maximum Gasteiger partial charge on any atom is 0.129 e. The van der Waals surface area contributed by atoms with Gasteiger partial charge in [-0.2, -0.15) is 5.10 Å². The van der Waals surface area contributed by atoms with Crippen molar-refractivity contribution in [2.24, 2.45) is 13.0 Å². The number of nitrogens with zero attached hydrogens (tertiary/aromatic N) is 5. The van der Waals surface area contributed by atoms with Gasteiger partial charge in [0.05, 0.1) is 30.5 Å². The van der Waals surface area contributed by atoms with Crippen LogP contribution in [0.3, 0.4) is 0 Å². The van der Waals surface area contributed by atoms with Crippen molar-refractivity contribution >= 4 is 5.69 Å². The first-order valence-corrected chi connectivity index (χ1v) is 11.8. The maximum absolute atomic E-state index is 14.8. The third-order valence-corrected chi connectivity index (χ3v) is 6.85. The van der Waals surface area contributed by atoms with Crippen LogP contribution < -0.4 is 4.90 Å². The van der Waals surface area contributed by atoms with E-state index < -0.39 is 0 Å². The summed E-state index contributed by atoms with van der Waals surface area (Å²) in [5.74, 6) is 0.302. The van der Waals surface area contributed by atoms with E-state index in [1.165, 1.54) is 11.3 Å². The van der Waals surface area contributed by atoms with Crippen LogP contribution in [0.2, 0.25) is 0 Å². The molecule has 0 spiro atoms. The molecule has 33 heavy (non-hydrogen) atoms. The van der Waals surface area contributed by atoms with Gasteiger partial charge in [-0.1, -0.05) is 38.1 Å². The lowest BCUT2D eigenvalue weighted by Gasteiger charge is -2.37. The number of benzene rings is 2. The minimum absolute atomic E-state index is 0.0452. The summed E-state index contributed by atoms with van der Waals surface area (Å²) >= 11 is 0. The first-order valence-electron chi connectivity index (χ1n) is 11.8. The summed E-state index contributed by atoms with van der Waals surface area (Å²) < 4.78 is 18.8. The van der Waals surface area contributed by atoms with Gasteiger partial charge in [0, 0.05) is 48.7 Å². The minimum atomic E-state index is -0.0976. The van der Waals surface area contributed by atoms with Crippen LogP contribution in [0, 0.1) is 11.7 Å². The number of aryl methyl sites for hydroxylation is 1. The highest BCUT2D eigenvalue weighted by Crippen LogP contribution is 2.46. The van der Waals surface area contributed by atoms with Crippen molar-refractivity contribution < 1.29 is 4.39 Å². The number of piperidine rings is 1. The van der Waals surface area contributed by atoms with Gasteiger partial charge in [0.15, 0.2) is 0 Å². The Morgan fingerprint density at radius 3 is 2.39 bits per heavy atom. The van der Waals surface area contributed by atoms with E-state index in [2.05, 4.69) is 43.8 Å². The van der Waals surface area contributed by atoms with E-state index in [9.17, 15) is 4.39 Å². The molecule has 0 amide bonds. The molecule has 6 heteroatoms. The summed E-state index contributed by atoms with van der Waals surface area (Å²) in [7, 11) is 1.93. The molecule has 4 aromatic rings. The van der Waals surface area contributed by atoms with Crippen LogP contribution in [0.15, 0.2) is 67.4 Å². The smallest absolute Gasteiger partial charge is 0.129 e. The summed E-state index contributed by atoms with van der Waals surface area (Å²) in [6.07, 6.45) is 9.70. The number of rotatable bonds is 3. The first-order chi connectivity index (χ1) is 16.2. The Labute approximate surface area is 194 Å². The van der Waals surface area contributed by atoms with E-state index in [0.717, 1.165) is 48.3 Å². The van der Waals surface area contributed by atoms with Crippen LogP contribution in [-0.2, 0) is 7.05 Å². The Morgan fingerprint density at radius 2 is 1.70 bits per heavy atom. The molecule has 2 aliphatic heterocycles. The molecule has 1 saturated heterocycles. The molecule has 5 nitrogen and oxygen atoms in total. The second-order valence-corrected chi connectivity index (χ2v) is 8.61. The SMILES string of the molecule is CC.Cn1cc(-c2ccc(N3CCC(C4c5c(F)cccc5-c5cncn54)CC3)cc2)cn1. The van der Waals surface area contributed by atoms with Crippen molar-refractivity contribution in [2.45, 2.75) is 32.7 Å². The molecule has 2 aliphatic rings. The molecular weight excluding hydrogens is 413 g/mol. The lowest BCUT2D eigenvalue weighted by Crippen LogP contribution is -2.36. The number of anilines is 1. The third-order valence-electron chi connectivity index (χ3n) is 6.85. The second kappa shape index (κ2) is 8.85. The number of fused-ring (bicyclic) bond motifs is 3. The first kappa shape index (κ1) is 21.4. The average molecular weight is 444 g/mol. The fraction of sp³-hybridized carbons (Fsp3) is 0.333. The molecule has 0 N–H and O–H groups in total. The number of aromatic nitrogens is 4. The van der Waals surface area contributed by atoms with Gasteiger partial charge in [-0.15, -0.1) is 0 Å². The predicted molar refractivity (Wildman–Crippen MR) is 131 cm³/mol. The molecule has 0 aliphatic carbocycles. The molecule has 2 aromatic carbocycles. The summed E-state index contributed by atoms with van der Waals surface area (Å²) in [5.41, 5.74) is 6.43. The largest absolute Gasteiger partial charge is 0.372 e. The highest BCUT2D eigenvalue weighted by molar-refractivity contribution is 5.69. The third kappa shape index (κ3) is 3.73. The van der Waals surface area contributed by atoms with E-state index in [4.69, 9.17) is 0 Å². The summed E-state index contributed by atoms with van der Waals surface area (Å²) in [4.78, 5) is 6.78. The normalized spacial score (nSPS) is 17.3. The predicted octanol–water partition coefficient (Wildman–Crippen LogP) is 5.94. The van der Waals surface area contributed by atoms with Gasteiger partial charge in [-0.05, 0) is 42.5 Å². The van der Waals surface area contributed by atoms with Gasteiger partial charge < -0.3 is 9.47 Å². The van der Waals surface area contributed by atoms with Crippen molar-refractivity contribution in [3.8, 4) is 22.4 Å². The van der Waals surface area contributed by atoms with E-state index in [0.29, 0.717) is 5.92 Å². The lowest BCUT2D eigenvalue weighted by molar-refractivity contribution is 0.312. The Bertz CT molecular complexity index is 1230. The van der Waals surface area contributed by atoms with Crippen molar-refractivity contribution in [3.05, 3.63) is 78.8 Å². The zero-order valence-electron chi connectivity index (χ0n) is 19.4. The van der Waals surface area contributed by atoms with Crippen LogP contribution in [0.5, 0.6) is 0 Å². The average Bonchev–Trinajstić information content (AvgIpc) is 3.58. The Hall–Kier alpha value is -3.41. The van der Waals surface area contributed by atoms with E-state index in [-0.39, 0.29) is 11.9 Å². The number of hydrogen-bond donors (Lipinski definition) is 0. The lowest BCUT2D eigenvalue weighted by atomic mass is 9.85. The van der Waals surface area contributed by atoms with Crippen LogP contribution in [0.25, 0.3) is 22.4 Å². The molecule has 0 saturated carbocycles. The summed E-state index contributed by atoms with van der Waals surface area (Å²) in [6.45, 7) is 5.95. The van der Waals surface area contributed by atoms with Crippen LogP contribution in [0.1, 0.15) is 38.3 Å². The molecule has 4 heterocycles. The quantitative estimate of drug-likeness (QED) is 0.394. The number of imidazole rings is 1. The molecule has 1 unspecified atom stereocenters. The van der Waals surface area contributed by atoms with Crippen molar-refractivity contribution in [2.75, 3.05) is 18.0 Å². The van der Waals surface area contributed by atoms with Gasteiger partial charge in [0.1, 0.15) is 5.82 Å². The maximum atomic E-state index is 14.8. The summed E-state index contributed by atoms with van der Waals surface area (Å²) in [6, 6.07) is 14.2. The fourth-order valence-corrected chi connectivity index (χ4v) is 5.31. The summed E-state index contributed by atoms with van der Waals surface area (Å²) in [5, 5.41) is 4.26. The van der Waals surface area contributed by atoms with Gasteiger partial charge in [0.25, 0.3) is 0 Å². The Kier molecular flexibility index (Phi) is 5.75. The fourth-order valence-electron chi connectivity index (χ4n) is 5.31. The van der Waals surface area contributed by atoms with Crippen LogP contribution in [-0.4, -0.2) is 32.4 Å². The zero-order chi connectivity index (χ0) is 22.9. The van der Waals surface area contributed by atoms with E-state index in [1.807, 2.05) is 56.6 Å². The molecule has 1 fully saturated rings. The molecule has 0 bridgehead atoms. The highest BCUT2D eigenvalue weighted by atomic mass is 19.1. The van der Waals surface area contributed by atoms with Crippen molar-refractivity contribution in [3.63, 3.8) is 0 Å². The van der Waals surface area contributed by atoms with Gasteiger partial charge in [-0.3, -0.25) is 4.68 Å². The molecular formula is C27H30FN5. The molecule has 2 aromatic heterocycles. The Morgan fingerprint density at radius 1 is 0.939 bits per heavy atom. The highest BCUT2D eigenvalue weighted by Gasteiger charge is 2.37. The van der Waals surface area contributed by atoms with Crippen LogP contribution >= 0.6 is 0 Å². The van der Waals surface area contributed by atoms with Crippen LogP contribution in [0.4, 0.5) is 10.1 Å². The van der Waals surface area contributed by atoms with Gasteiger partial charge in [0.2, 0.25) is 0 Å². The van der Waals surface area contributed by atoms with E-state index >= 15 is 0 Å². The molecule has 170 valence electrons. The van der Waals surface area contributed by atoms with Gasteiger partial charge >= 0.3 is 0 Å². The zero-order valence-corrected chi connectivity index (χ0v) is 19.4. The van der Waals surface area contributed by atoms with Crippen molar-refractivity contribution in [1.29, 1.82) is 0 Å². The second-order valence-electron chi connectivity index (χ2n) is 8.61. The molecule has 0 radical (unpaired) electrons. The number of hydrogen-bond acceptors (Lipinski definition) is 3. The molecule has 6 rings (SSSR count). The van der Waals surface area contributed by atoms with Gasteiger partial charge in [-0.25, -0.2) is 9.37 Å². The minimum Gasteiger partial charge on any atom is -0.372 e. The topological polar surface area (TPSA) is 38.9 Å². The van der Waals surface area contributed by atoms with E-state index in [1.54, 1.807) is 12.1 Å². The van der Waals surface area contributed by atoms with Crippen molar-refractivity contribution in [1.82, 2.24) is 19.3 Å². The number of halogens is 1. The Balaban J connectivity index is 0.00000111. The molecule has 1 atom stereocenters.